The van der Waals surface area contributed by atoms with E-state index < -0.39 is 17.2 Å². The molecule has 4 rings (SSSR count). The third-order valence-corrected chi connectivity index (χ3v) is 5.11. The first-order valence-corrected chi connectivity index (χ1v) is 11.0. The maximum Gasteiger partial charge on any atom is 0.272 e. The van der Waals surface area contributed by atoms with Gasteiger partial charge in [0.25, 0.3) is 11.8 Å². The number of anilines is 3. The number of para-hydroxylation sites is 1. The van der Waals surface area contributed by atoms with E-state index in [1.54, 1.807) is 25.1 Å². The van der Waals surface area contributed by atoms with Crippen LogP contribution in [-0.2, 0) is 4.79 Å². The number of nitrogens with one attached hydrogen (secondary N) is 3. The van der Waals surface area contributed by atoms with Crippen LogP contribution >= 0.6 is 0 Å². The normalized spacial score (nSPS) is 14.1. The molecule has 2 heterocycles. The largest absolute Gasteiger partial charge is 0.494 e. The molecule has 36 heavy (non-hydrogen) atoms. The van der Waals surface area contributed by atoms with Crippen molar-refractivity contribution in [3.05, 3.63) is 35.8 Å². The Labute approximate surface area is 210 Å². The van der Waals surface area contributed by atoms with E-state index in [1.807, 2.05) is 0 Å². The number of carbonyl (C=O) groups is 2. The van der Waals surface area contributed by atoms with Crippen molar-refractivity contribution < 1.29 is 18.8 Å². The van der Waals surface area contributed by atoms with Crippen LogP contribution in [0.2, 0.25) is 0 Å². The summed E-state index contributed by atoms with van der Waals surface area (Å²) in [5.41, 5.74) is 6.70. The molecule has 1 atom stereocenters. The molecule has 0 bridgehead atoms. The molecular formula is C21H21B3N8O4. The van der Waals surface area contributed by atoms with Gasteiger partial charge >= 0.3 is 0 Å². The number of methoxy groups -OCH3 is 1. The molecule has 1 aromatic carbocycles. The Hall–Kier alpha value is -3.87. The Bertz CT molecular complexity index is 1290. The lowest BCUT2D eigenvalue weighted by Gasteiger charge is -2.23. The third kappa shape index (κ3) is 5.85. The van der Waals surface area contributed by atoms with Crippen LogP contribution in [0.25, 0.3) is 11.5 Å². The molecule has 15 heteroatoms. The molecule has 178 valence electrons. The summed E-state index contributed by atoms with van der Waals surface area (Å²) < 4.78 is 10.9. The van der Waals surface area contributed by atoms with E-state index in [0.29, 0.717) is 22.8 Å². The number of benzene rings is 1. The number of nitrogens with zero attached hydrogens (tertiary/aromatic N) is 4. The molecule has 12 nitrogen and oxygen atoms in total. The van der Waals surface area contributed by atoms with Gasteiger partial charge in [-0.3, -0.25) is 9.59 Å². The van der Waals surface area contributed by atoms with E-state index in [2.05, 4.69) is 36.3 Å². The summed E-state index contributed by atoms with van der Waals surface area (Å²) in [6.07, 6.45) is 1.61. The molecule has 2 aromatic heterocycles. The fraction of sp³-hybridized carbons (Fsp3) is 0.333. The van der Waals surface area contributed by atoms with Crippen molar-refractivity contribution in [1.82, 2.24) is 25.7 Å². The van der Waals surface area contributed by atoms with Gasteiger partial charge < -0.3 is 30.9 Å². The molecule has 0 saturated heterocycles. The van der Waals surface area contributed by atoms with E-state index in [4.69, 9.17) is 38.5 Å². The van der Waals surface area contributed by atoms with Crippen LogP contribution in [0.4, 0.5) is 17.2 Å². The molecule has 1 saturated carbocycles. The fourth-order valence-corrected chi connectivity index (χ4v) is 3.24. The van der Waals surface area contributed by atoms with Gasteiger partial charge in [0, 0.05) is 12.0 Å². The fourth-order valence-electron chi connectivity index (χ4n) is 3.24. The van der Waals surface area contributed by atoms with Crippen LogP contribution in [0.1, 0.15) is 42.1 Å². The van der Waals surface area contributed by atoms with E-state index in [1.165, 1.54) is 13.2 Å². The van der Waals surface area contributed by atoms with Crippen LogP contribution in [0, 0.1) is 5.92 Å². The van der Waals surface area contributed by atoms with Gasteiger partial charge in [-0.2, -0.15) is 4.98 Å². The monoisotopic (exact) mass is 482 g/mol. The van der Waals surface area contributed by atoms with Gasteiger partial charge in [-0.05, 0) is 31.9 Å². The maximum absolute atomic E-state index is 12.8. The average molecular weight is 482 g/mol. The molecule has 0 spiro atoms. The second kappa shape index (κ2) is 10.0. The van der Waals surface area contributed by atoms with Crippen molar-refractivity contribution in [2.24, 2.45) is 11.7 Å². The van der Waals surface area contributed by atoms with Crippen LogP contribution in [0.3, 0.4) is 0 Å². The lowest BCUT2D eigenvalue weighted by Crippen LogP contribution is -2.50. The highest BCUT2D eigenvalue weighted by Crippen LogP contribution is 2.38. The Morgan fingerprint density at radius 1 is 1.22 bits per heavy atom. The van der Waals surface area contributed by atoms with Gasteiger partial charge in [-0.1, -0.05) is 16.5 Å². The summed E-state index contributed by atoms with van der Waals surface area (Å²) in [5.74, 6) is -0.0676. The van der Waals surface area contributed by atoms with Gasteiger partial charge in [0.15, 0.2) is 23.1 Å². The number of aromatic nitrogens is 4. The van der Waals surface area contributed by atoms with E-state index in [9.17, 15) is 9.59 Å². The SMILES string of the molecule is [B]C([B])([B])NC(=O)c1nnc(NC(=O)C2CC2)cc1Nc1cccc(-c2nc([C@H](C)N)no2)c1OC. The van der Waals surface area contributed by atoms with Crippen molar-refractivity contribution in [2.75, 3.05) is 17.7 Å². The van der Waals surface area contributed by atoms with Gasteiger partial charge in [0.1, 0.15) is 0 Å². The molecule has 1 aliphatic carbocycles. The standard InChI is InChI=1S/C21H21B3N8O4/c1-9(25)17-28-20(36-32-17)11-4-3-5-12(16(11)35-2)26-13-8-14(27-18(33)10-6-7-10)30-31-15(13)19(34)29-21(22,23)24/h3-5,8-10H,6-7,25H2,1-2H3,(H,29,34)(H2,26,27,30,33)/t9-/m0/s1. The van der Waals surface area contributed by atoms with Crippen molar-refractivity contribution in [2.45, 2.75) is 31.0 Å². The second-order valence-corrected chi connectivity index (χ2v) is 8.40. The van der Waals surface area contributed by atoms with E-state index in [-0.39, 0.29) is 34.9 Å². The summed E-state index contributed by atoms with van der Waals surface area (Å²) in [5, 5.41) is 17.7. The van der Waals surface area contributed by atoms with E-state index in [0.717, 1.165) is 12.8 Å². The van der Waals surface area contributed by atoms with Gasteiger partial charge in [-0.25, -0.2) is 0 Å². The maximum atomic E-state index is 12.8. The minimum absolute atomic E-state index is 0.0640. The minimum Gasteiger partial charge on any atom is -0.494 e. The topological polar surface area (TPSA) is 170 Å². The Kier molecular flexibility index (Phi) is 7.02. The highest BCUT2D eigenvalue weighted by Gasteiger charge is 2.30. The Balaban J connectivity index is 1.72. The molecule has 1 aliphatic rings. The van der Waals surface area contributed by atoms with Crippen LogP contribution in [0.5, 0.6) is 5.75 Å². The summed E-state index contributed by atoms with van der Waals surface area (Å²) in [6.45, 7) is 1.73. The van der Waals surface area contributed by atoms with Crippen LogP contribution < -0.4 is 26.4 Å². The van der Waals surface area contributed by atoms with Gasteiger partial charge in [0.2, 0.25) is 5.91 Å². The van der Waals surface area contributed by atoms with Gasteiger partial charge in [0.05, 0.1) is 53.6 Å². The van der Waals surface area contributed by atoms with Crippen molar-refractivity contribution in [3.8, 4) is 17.2 Å². The molecular weight excluding hydrogens is 461 g/mol. The predicted octanol–water partition coefficient (Wildman–Crippen LogP) is 0.494. The number of hydrogen-bond donors (Lipinski definition) is 4. The quantitative estimate of drug-likeness (QED) is 0.315. The zero-order valence-electron chi connectivity index (χ0n) is 19.6. The lowest BCUT2D eigenvalue weighted by atomic mass is 9.49. The summed E-state index contributed by atoms with van der Waals surface area (Å²) in [7, 11) is 18.0. The molecule has 5 N–H and O–H groups in total. The van der Waals surface area contributed by atoms with Gasteiger partial charge in [-0.15, -0.1) is 10.2 Å². The summed E-state index contributed by atoms with van der Waals surface area (Å²) in [6, 6.07) is 6.14. The minimum atomic E-state index is -2.00. The first kappa shape index (κ1) is 25.2. The van der Waals surface area contributed by atoms with Crippen LogP contribution in [-0.4, -0.2) is 68.0 Å². The Morgan fingerprint density at radius 2 is 1.97 bits per heavy atom. The Morgan fingerprint density at radius 3 is 2.58 bits per heavy atom. The van der Waals surface area contributed by atoms with Crippen molar-refractivity contribution in [3.63, 3.8) is 0 Å². The highest BCUT2D eigenvalue weighted by molar-refractivity contribution is 6.60. The number of ether oxygens (including phenoxy) is 1. The van der Waals surface area contributed by atoms with Crippen molar-refractivity contribution in [1.29, 1.82) is 0 Å². The number of carbonyl (C=O) groups excluding carboxylic acids is 2. The molecule has 0 aliphatic heterocycles. The lowest BCUT2D eigenvalue weighted by molar-refractivity contribution is -0.117. The number of rotatable bonds is 9. The molecule has 1 fully saturated rings. The summed E-state index contributed by atoms with van der Waals surface area (Å²) >= 11 is 0. The molecule has 0 unspecified atom stereocenters. The second-order valence-electron chi connectivity index (χ2n) is 8.40. The number of hydrogen-bond acceptors (Lipinski definition) is 10. The first-order valence-electron chi connectivity index (χ1n) is 11.0. The first-order chi connectivity index (χ1) is 17.1. The zero-order chi connectivity index (χ0) is 26.0. The number of amides is 2. The average Bonchev–Trinajstić information content (AvgIpc) is 3.54. The van der Waals surface area contributed by atoms with Crippen LogP contribution in [0.15, 0.2) is 28.8 Å². The zero-order valence-corrected chi connectivity index (χ0v) is 19.6. The number of nitrogens with two attached hydrogens (primary N) is 1. The smallest absolute Gasteiger partial charge is 0.272 e. The molecule has 3 aromatic rings. The third-order valence-electron chi connectivity index (χ3n) is 5.11. The van der Waals surface area contributed by atoms with E-state index >= 15 is 0 Å². The highest BCUT2D eigenvalue weighted by atomic mass is 16.5. The molecule has 2 amide bonds. The summed E-state index contributed by atoms with van der Waals surface area (Å²) in [4.78, 5) is 29.3. The molecule has 6 radical (unpaired) electrons. The van der Waals surface area contributed by atoms with Crippen molar-refractivity contribution >= 4 is 52.5 Å². The predicted molar refractivity (Wildman–Crippen MR) is 133 cm³/mol.